The molecule has 98 valence electrons. The second kappa shape index (κ2) is 4.83. The van der Waals surface area contributed by atoms with Crippen LogP contribution in [-0.2, 0) is 4.79 Å². The van der Waals surface area contributed by atoms with Gasteiger partial charge in [-0.2, -0.15) is 0 Å². The van der Waals surface area contributed by atoms with Crippen molar-refractivity contribution in [3.8, 4) is 5.75 Å². The molecule has 1 fully saturated rings. The number of nitrogens with two attached hydrogens (primary N) is 1. The van der Waals surface area contributed by atoms with E-state index in [9.17, 15) is 9.90 Å². The normalized spacial score (nSPS) is 27.1. The van der Waals surface area contributed by atoms with Gasteiger partial charge in [0.05, 0.1) is 19.1 Å². The predicted molar refractivity (Wildman–Crippen MR) is 67.0 cm³/mol. The summed E-state index contributed by atoms with van der Waals surface area (Å²) >= 11 is 0. The van der Waals surface area contributed by atoms with E-state index in [4.69, 9.17) is 10.5 Å². The maximum Gasteiger partial charge on any atom is 0.310 e. The molecule has 1 heterocycles. The van der Waals surface area contributed by atoms with Crippen LogP contribution in [0, 0.1) is 5.92 Å². The van der Waals surface area contributed by atoms with Gasteiger partial charge < -0.3 is 15.6 Å². The molecular formula is C12H17N3O3. The van der Waals surface area contributed by atoms with Crippen molar-refractivity contribution >= 4 is 11.7 Å². The van der Waals surface area contributed by atoms with Crippen LogP contribution in [0.25, 0.3) is 0 Å². The summed E-state index contributed by atoms with van der Waals surface area (Å²) < 4.78 is 5.08. The Morgan fingerprint density at radius 2 is 2.17 bits per heavy atom. The van der Waals surface area contributed by atoms with Gasteiger partial charge in [0.25, 0.3) is 0 Å². The molecule has 2 rings (SSSR count). The molecule has 3 atom stereocenters. The molecule has 0 bridgehead atoms. The number of carbonyl (C=O) groups is 1. The van der Waals surface area contributed by atoms with Crippen molar-refractivity contribution in [1.82, 2.24) is 10.9 Å². The van der Waals surface area contributed by atoms with Gasteiger partial charge in [0.1, 0.15) is 5.75 Å². The number of ether oxygens (including phenoxy) is 1. The zero-order valence-electron chi connectivity index (χ0n) is 10.3. The second-order valence-corrected chi connectivity index (χ2v) is 4.41. The van der Waals surface area contributed by atoms with E-state index < -0.39 is 11.9 Å². The maximum absolute atomic E-state index is 11.3. The predicted octanol–water partition coefficient (Wildman–Crippen LogP) is 0.516. The number of nitrogens with one attached hydrogen (secondary N) is 2. The molecule has 3 unspecified atom stereocenters. The number of aliphatic carboxylic acids is 1. The number of hydrogen-bond acceptors (Lipinski definition) is 5. The first-order valence-electron chi connectivity index (χ1n) is 5.72. The Bertz CT molecular complexity index is 464. The van der Waals surface area contributed by atoms with E-state index in [2.05, 4.69) is 10.9 Å². The highest BCUT2D eigenvalue weighted by Gasteiger charge is 2.40. The molecule has 1 aliphatic heterocycles. The largest absolute Gasteiger partial charge is 0.497 e. The Morgan fingerprint density at radius 3 is 2.72 bits per heavy atom. The number of benzene rings is 1. The van der Waals surface area contributed by atoms with Crippen LogP contribution in [0.2, 0.25) is 0 Å². The Balaban J connectivity index is 2.33. The summed E-state index contributed by atoms with van der Waals surface area (Å²) in [6.45, 7) is 1.82. The van der Waals surface area contributed by atoms with Crippen molar-refractivity contribution in [3.05, 3.63) is 23.8 Å². The lowest BCUT2D eigenvalue weighted by Gasteiger charge is -2.19. The van der Waals surface area contributed by atoms with Gasteiger partial charge in [-0.05, 0) is 18.6 Å². The first kappa shape index (κ1) is 12.7. The zero-order chi connectivity index (χ0) is 13.3. The van der Waals surface area contributed by atoms with Crippen LogP contribution >= 0.6 is 0 Å². The summed E-state index contributed by atoms with van der Waals surface area (Å²) in [5.41, 5.74) is 13.1. The van der Waals surface area contributed by atoms with E-state index in [0.717, 1.165) is 5.56 Å². The van der Waals surface area contributed by atoms with Crippen LogP contribution < -0.4 is 21.3 Å². The minimum Gasteiger partial charge on any atom is -0.497 e. The topological polar surface area (TPSA) is 96.6 Å². The number of carboxylic acid groups (broad SMARTS) is 1. The van der Waals surface area contributed by atoms with Gasteiger partial charge in [-0.3, -0.25) is 10.2 Å². The van der Waals surface area contributed by atoms with Crippen molar-refractivity contribution in [2.75, 3.05) is 12.8 Å². The summed E-state index contributed by atoms with van der Waals surface area (Å²) in [7, 11) is 1.56. The number of carboxylic acids is 1. The minimum absolute atomic E-state index is 0.158. The average Bonchev–Trinajstić information content (AvgIpc) is 2.70. The third-order valence-electron chi connectivity index (χ3n) is 3.28. The Kier molecular flexibility index (Phi) is 3.40. The summed E-state index contributed by atoms with van der Waals surface area (Å²) in [5.74, 6) is -0.747. The van der Waals surface area contributed by atoms with Gasteiger partial charge in [0.15, 0.2) is 0 Å². The summed E-state index contributed by atoms with van der Waals surface area (Å²) in [4.78, 5) is 11.3. The Morgan fingerprint density at radius 1 is 1.44 bits per heavy atom. The number of nitrogen functional groups attached to an aromatic ring is 1. The number of hydrazine groups is 1. The van der Waals surface area contributed by atoms with Crippen LogP contribution in [-0.4, -0.2) is 24.2 Å². The lowest BCUT2D eigenvalue weighted by atomic mass is 9.89. The van der Waals surface area contributed by atoms with E-state index in [1.54, 1.807) is 25.3 Å². The van der Waals surface area contributed by atoms with Crippen LogP contribution in [0.3, 0.4) is 0 Å². The molecule has 5 N–H and O–H groups in total. The molecule has 0 saturated carbocycles. The van der Waals surface area contributed by atoms with Crippen molar-refractivity contribution in [2.24, 2.45) is 5.92 Å². The standard InChI is InChI=1S/C12H17N3O3/c1-6-10(12(16)17)11(15-14-6)8-4-3-7(18-2)5-9(8)13/h3-6,10-11,14-15H,13H2,1-2H3,(H,16,17). The third-order valence-corrected chi connectivity index (χ3v) is 3.28. The SMILES string of the molecule is COc1ccc(C2NNC(C)C2C(=O)O)c(N)c1. The molecule has 1 saturated heterocycles. The maximum atomic E-state index is 11.3. The van der Waals surface area contributed by atoms with E-state index in [-0.39, 0.29) is 12.1 Å². The highest BCUT2D eigenvalue weighted by Crippen LogP contribution is 2.33. The number of rotatable bonds is 3. The van der Waals surface area contributed by atoms with Crippen molar-refractivity contribution in [3.63, 3.8) is 0 Å². The Hall–Kier alpha value is -1.79. The van der Waals surface area contributed by atoms with Gasteiger partial charge in [-0.15, -0.1) is 0 Å². The fourth-order valence-electron chi connectivity index (χ4n) is 2.28. The number of hydrogen-bond donors (Lipinski definition) is 4. The van der Waals surface area contributed by atoms with E-state index in [1.165, 1.54) is 0 Å². The summed E-state index contributed by atoms with van der Waals surface area (Å²) in [6.07, 6.45) is 0. The molecule has 0 spiro atoms. The molecule has 0 radical (unpaired) electrons. The summed E-state index contributed by atoms with van der Waals surface area (Å²) in [6, 6.07) is 4.76. The third kappa shape index (κ3) is 2.12. The van der Waals surface area contributed by atoms with Gasteiger partial charge in [0.2, 0.25) is 0 Å². The number of methoxy groups -OCH3 is 1. The first-order valence-corrected chi connectivity index (χ1v) is 5.72. The van der Waals surface area contributed by atoms with Gasteiger partial charge >= 0.3 is 5.97 Å². The van der Waals surface area contributed by atoms with Gasteiger partial charge in [-0.1, -0.05) is 6.07 Å². The van der Waals surface area contributed by atoms with E-state index in [0.29, 0.717) is 11.4 Å². The highest BCUT2D eigenvalue weighted by atomic mass is 16.5. The molecule has 0 amide bonds. The lowest BCUT2D eigenvalue weighted by molar-refractivity contribution is -0.142. The minimum atomic E-state index is -0.847. The van der Waals surface area contributed by atoms with Crippen LogP contribution in [0.5, 0.6) is 5.75 Å². The van der Waals surface area contributed by atoms with E-state index >= 15 is 0 Å². The monoisotopic (exact) mass is 251 g/mol. The quantitative estimate of drug-likeness (QED) is 0.585. The molecule has 1 aromatic rings. The molecule has 1 aliphatic rings. The average molecular weight is 251 g/mol. The summed E-state index contributed by atoms with van der Waals surface area (Å²) in [5, 5.41) is 9.26. The molecule has 1 aromatic carbocycles. The molecule has 0 aliphatic carbocycles. The first-order chi connectivity index (χ1) is 8.54. The molecular weight excluding hydrogens is 234 g/mol. The van der Waals surface area contributed by atoms with Gasteiger partial charge in [0, 0.05) is 17.8 Å². The lowest BCUT2D eigenvalue weighted by Crippen LogP contribution is -2.30. The van der Waals surface area contributed by atoms with Crippen LogP contribution in [0.4, 0.5) is 5.69 Å². The van der Waals surface area contributed by atoms with Gasteiger partial charge in [-0.25, -0.2) is 5.43 Å². The Labute approximate surface area is 105 Å². The smallest absolute Gasteiger partial charge is 0.310 e. The van der Waals surface area contributed by atoms with Crippen LogP contribution in [0.1, 0.15) is 18.5 Å². The molecule has 6 heteroatoms. The van der Waals surface area contributed by atoms with E-state index in [1.807, 2.05) is 6.92 Å². The van der Waals surface area contributed by atoms with Crippen LogP contribution in [0.15, 0.2) is 18.2 Å². The second-order valence-electron chi connectivity index (χ2n) is 4.41. The number of anilines is 1. The molecule has 0 aromatic heterocycles. The van der Waals surface area contributed by atoms with Crippen molar-refractivity contribution in [2.45, 2.75) is 19.0 Å². The van der Waals surface area contributed by atoms with Crippen molar-refractivity contribution in [1.29, 1.82) is 0 Å². The fraction of sp³-hybridized carbons (Fsp3) is 0.417. The fourth-order valence-corrected chi connectivity index (χ4v) is 2.28. The highest BCUT2D eigenvalue weighted by molar-refractivity contribution is 5.73. The zero-order valence-corrected chi connectivity index (χ0v) is 10.3. The van der Waals surface area contributed by atoms with Crippen molar-refractivity contribution < 1.29 is 14.6 Å². The molecule has 18 heavy (non-hydrogen) atoms. The molecule has 6 nitrogen and oxygen atoms in total.